The zero-order valence-corrected chi connectivity index (χ0v) is 12.6. The molecule has 1 rings (SSSR count). The first-order valence-corrected chi connectivity index (χ1v) is 6.50. The molecule has 0 unspecified atom stereocenters. The number of amidine groups is 1. The normalized spacial score (nSPS) is 12.1. The number of nitrogens with zero attached hydrogens (tertiary/aromatic N) is 1. The van der Waals surface area contributed by atoms with Gasteiger partial charge in [-0.05, 0) is 18.2 Å². The van der Waals surface area contributed by atoms with Gasteiger partial charge in [-0.3, -0.25) is 0 Å². The minimum Gasteiger partial charge on any atom is -0.409 e. The summed E-state index contributed by atoms with van der Waals surface area (Å²) in [5.41, 5.74) is 5.25. The Hall–Kier alpha value is -1.66. The summed E-state index contributed by atoms with van der Waals surface area (Å²) in [6.07, 6.45) is 0. The second-order valence-electron chi connectivity index (χ2n) is 4.80. The molecule has 0 saturated carbocycles. The topological polar surface area (TPSA) is 99.7 Å². The van der Waals surface area contributed by atoms with Gasteiger partial charge in [0.1, 0.15) is 5.84 Å². The molecule has 0 heterocycles. The quantitative estimate of drug-likeness (QED) is 0.297. The monoisotopic (exact) mass is 318 g/mol. The van der Waals surface area contributed by atoms with Crippen molar-refractivity contribution in [1.29, 1.82) is 0 Å². The maximum absolute atomic E-state index is 11.8. The van der Waals surface area contributed by atoms with Crippen LogP contribution in [-0.4, -0.2) is 23.6 Å². The molecular weight excluding hydrogens is 303 g/mol. The Morgan fingerprint density at radius 2 is 2.10 bits per heavy atom. The second kappa shape index (κ2) is 6.67. The molecule has 2 amide bonds. The van der Waals surface area contributed by atoms with Crippen molar-refractivity contribution in [3.63, 3.8) is 0 Å². The number of carbonyl (C=O) groups excluding carboxylic acids is 1. The molecule has 0 bridgehead atoms. The smallest absolute Gasteiger partial charge is 0.319 e. The van der Waals surface area contributed by atoms with Crippen LogP contribution in [0.4, 0.5) is 10.5 Å². The Kier molecular flexibility index (Phi) is 5.47. The lowest BCUT2D eigenvalue weighted by atomic mass is 9.92. The molecule has 0 aromatic heterocycles. The predicted octanol–water partition coefficient (Wildman–Crippen LogP) is 2.89. The van der Waals surface area contributed by atoms with Crippen molar-refractivity contribution in [2.24, 2.45) is 16.3 Å². The molecule has 1 aromatic rings. The van der Waals surface area contributed by atoms with Crippen LogP contribution in [0.2, 0.25) is 10.0 Å². The number of nitrogens with one attached hydrogen (secondary N) is 2. The Labute approximate surface area is 126 Å². The summed E-state index contributed by atoms with van der Waals surface area (Å²) in [5.74, 6) is 0.0265. The predicted molar refractivity (Wildman–Crippen MR) is 80.7 cm³/mol. The number of oxime groups is 1. The van der Waals surface area contributed by atoms with Crippen LogP contribution in [-0.2, 0) is 0 Å². The summed E-state index contributed by atoms with van der Waals surface area (Å²) in [7, 11) is 0. The number of hydrogen-bond donors (Lipinski definition) is 4. The molecule has 8 heteroatoms. The average Bonchev–Trinajstić information content (AvgIpc) is 2.39. The van der Waals surface area contributed by atoms with Crippen LogP contribution in [0.25, 0.3) is 0 Å². The van der Waals surface area contributed by atoms with Crippen LogP contribution in [0.1, 0.15) is 13.8 Å². The van der Waals surface area contributed by atoms with E-state index in [4.69, 9.17) is 34.1 Å². The highest BCUT2D eigenvalue weighted by molar-refractivity contribution is 6.35. The van der Waals surface area contributed by atoms with E-state index in [1.165, 1.54) is 6.07 Å². The van der Waals surface area contributed by atoms with Gasteiger partial charge in [-0.1, -0.05) is 42.2 Å². The molecule has 0 spiro atoms. The number of nitrogens with two attached hydrogens (primary N) is 1. The van der Waals surface area contributed by atoms with E-state index in [9.17, 15) is 4.79 Å². The highest BCUT2D eigenvalue weighted by Crippen LogP contribution is 2.25. The molecule has 0 aliphatic rings. The third-order valence-corrected chi connectivity index (χ3v) is 3.23. The van der Waals surface area contributed by atoms with Crippen molar-refractivity contribution in [1.82, 2.24) is 5.32 Å². The van der Waals surface area contributed by atoms with Crippen LogP contribution >= 0.6 is 23.2 Å². The summed E-state index contributed by atoms with van der Waals surface area (Å²) in [5, 5.41) is 17.6. The van der Waals surface area contributed by atoms with Gasteiger partial charge in [0.2, 0.25) is 0 Å². The molecule has 20 heavy (non-hydrogen) atoms. The van der Waals surface area contributed by atoms with Gasteiger partial charge in [0.05, 0.1) is 10.7 Å². The lowest BCUT2D eigenvalue weighted by molar-refractivity contribution is 0.248. The van der Waals surface area contributed by atoms with Crippen molar-refractivity contribution in [2.75, 3.05) is 11.9 Å². The standard InChI is InChI=1S/C12H16Cl2N4O2/c1-12(2,10(15)18-20)6-16-11(19)17-9-5-7(13)3-4-8(9)14/h3-5,20H,6H2,1-2H3,(H2,15,18)(H2,16,17,19). The number of rotatable bonds is 4. The van der Waals surface area contributed by atoms with Crippen molar-refractivity contribution in [3.05, 3.63) is 28.2 Å². The summed E-state index contributed by atoms with van der Waals surface area (Å²) in [4.78, 5) is 11.8. The Bertz CT molecular complexity index is 532. The third kappa shape index (κ3) is 4.47. The molecule has 5 N–H and O–H groups in total. The number of carbonyl (C=O) groups is 1. The van der Waals surface area contributed by atoms with E-state index in [1.54, 1.807) is 26.0 Å². The van der Waals surface area contributed by atoms with Gasteiger partial charge in [0.25, 0.3) is 0 Å². The van der Waals surface area contributed by atoms with E-state index in [2.05, 4.69) is 15.8 Å². The Morgan fingerprint density at radius 3 is 2.70 bits per heavy atom. The third-order valence-electron chi connectivity index (χ3n) is 2.67. The fourth-order valence-corrected chi connectivity index (χ4v) is 1.62. The minimum atomic E-state index is -0.676. The van der Waals surface area contributed by atoms with Gasteiger partial charge in [0.15, 0.2) is 0 Å². The van der Waals surface area contributed by atoms with Crippen LogP contribution in [0, 0.1) is 5.41 Å². The van der Waals surface area contributed by atoms with E-state index in [0.717, 1.165) is 0 Å². The van der Waals surface area contributed by atoms with Crippen molar-refractivity contribution in [2.45, 2.75) is 13.8 Å². The summed E-state index contributed by atoms with van der Waals surface area (Å²) >= 11 is 11.7. The molecule has 6 nitrogen and oxygen atoms in total. The van der Waals surface area contributed by atoms with Crippen LogP contribution in [0.3, 0.4) is 0 Å². The van der Waals surface area contributed by atoms with Gasteiger partial charge < -0.3 is 21.6 Å². The molecular formula is C12H16Cl2N4O2. The first kappa shape index (κ1) is 16.4. The maximum Gasteiger partial charge on any atom is 0.319 e. The minimum absolute atomic E-state index is 0.0265. The number of anilines is 1. The fourth-order valence-electron chi connectivity index (χ4n) is 1.29. The molecule has 0 saturated heterocycles. The van der Waals surface area contributed by atoms with Crippen LogP contribution < -0.4 is 16.4 Å². The van der Waals surface area contributed by atoms with Crippen molar-refractivity contribution in [3.8, 4) is 0 Å². The summed E-state index contributed by atoms with van der Waals surface area (Å²) in [6, 6.07) is 4.28. The SMILES string of the molecule is CC(C)(CNC(=O)Nc1cc(Cl)ccc1Cl)/C(N)=N/O. The fraction of sp³-hybridized carbons (Fsp3) is 0.333. The van der Waals surface area contributed by atoms with Crippen molar-refractivity contribution >= 4 is 40.8 Å². The number of amides is 2. The first-order chi connectivity index (χ1) is 9.26. The molecule has 0 fully saturated rings. The second-order valence-corrected chi connectivity index (χ2v) is 5.64. The zero-order chi connectivity index (χ0) is 15.3. The summed E-state index contributed by atoms with van der Waals surface area (Å²) in [6.45, 7) is 3.65. The van der Waals surface area contributed by atoms with Gasteiger partial charge in [0, 0.05) is 17.0 Å². The molecule has 0 aliphatic carbocycles. The summed E-state index contributed by atoms with van der Waals surface area (Å²) < 4.78 is 0. The largest absolute Gasteiger partial charge is 0.409 e. The number of urea groups is 1. The number of benzene rings is 1. The number of hydrogen-bond acceptors (Lipinski definition) is 3. The Balaban J connectivity index is 2.63. The van der Waals surface area contributed by atoms with E-state index < -0.39 is 11.4 Å². The highest BCUT2D eigenvalue weighted by Gasteiger charge is 2.24. The molecule has 0 aliphatic heterocycles. The highest BCUT2D eigenvalue weighted by atomic mass is 35.5. The van der Waals surface area contributed by atoms with E-state index >= 15 is 0 Å². The molecule has 0 atom stereocenters. The number of halogens is 2. The van der Waals surface area contributed by atoms with E-state index in [0.29, 0.717) is 15.7 Å². The molecule has 0 radical (unpaired) electrons. The van der Waals surface area contributed by atoms with Crippen molar-refractivity contribution < 1.29 is 10.0 Å². The maximum atomic E-state index is 11.8. The van der Waals surface area contributed by atoms with Gasteiger partial charge >= 0.3 is 6.03 Å². The van der Waals surface area contributed by atoms with Gasteiger partial charge in [-0.25, -0.2) is 4.79 Å². The lowest BCUT2D eigenvalue weighted by Gasteiger charge is -2.23. The van der Waals surface area contributed by atoms with E-state index in [-0.39, 0.29) is 12.4 Å². The first-order valence-electron chi connectivity index (χ1n) is 5.74. The van der Waals surface area contributed by atoms with Crippen LogP contribution in [0.5, 0.6) is 0 Å². The average molecular weight is 319 g/mol. The van der Waals surface area contributed by atoms with E-state index in [1.807, 2.05) is 0 Å². The zero-order valence-electron chi connectivity index (χ0n) is 11.1. The van der Waals surface area contributed by atoms with Gasteiger partial charge in [-0.2, -0.15) is 0 Å². The molecule has 1 aromatic carbocycles. The molecule has 110 valence electrons. The Morgan fingerprint density at radius 1 is 1.45 bits per heavy atom. The van der Waals surface area contributed by atoms with Gasteiger partial charge in [-0.15, -0.1) is 0 Å². The van der Waals surface area contributed by atoms with Crippen LogP contribution in [0.15, 0.2) is 23.4 Å². The lowest BCUT2D eigenvalue weighted by Crippen LogP contribution is -2.43.